The molecular formula is C20H15Cl2N3O. The highest BCUT2D eigenvalue weighted by Gasteiger charge is 2.23. The van der Waals surface area contributed by atoms with Crippen molar-refractivity contribution in [3.8, 4) is 16.9 Å². The van der Waals surface area contributed by atoms with Crippen LogP contribution in [-0.2, 0) is 0 Å². The van der Waals surface area contributed by atoms with Crippen molar-refractivity contribution >= 4 is 23.2 Å². The van der Waals surface area contributed by atoms with Crippen molar-refractivity contribution in [1.29, 1.82) is 0 Å². The van der Waals surface area contributed by atoms with Crippen molar-refractivity contribution in [3.63, 3.8) is 0 Å². The van der Waals surface area contributed by atoms with Gasteiger partial charge in [-0.3, -0.25) is 0 Å². The second-order valence-electron chi connectivity index (χ2n) is 5.95. The summed E-state index contributed by atoms with van der Waals surface area (Å²) in [5, 5.41) is 10.8. The number of halogens is 2. The van der Waals surface area contributed by atoms with Crippen molar-refractivity contribution in [2.75, 3.05) is 0 Å². The van der Waals surface area contributed by atoms with Crippen molar-refractivity contribution in [1.82, 2.24) is 14.5 Å². The Hall–Kier alpha value is -2.69. The number of aromatic nitrogens is 3. The lowest BCUT2D eigenvalue weighted by molar-refractivity contribution is 0.475. The van der Waals surface area contributed by atoms with Gasteiger partial charge in [0, 0.05) is 46.0 Å². The van der Waals surface area contributed by atoms with E-state index >= 15 is 0 Å². The van der Waals surface area contributed by atoms with Crippen LogP contribution in [0.25, 0.3) is 11.1 Å². The molecule has 0 aliphatic rings. The fourth-order valence-electron chi connectivity index (χ4n) is 3.13. The lowest BCUT2D eigenvalue weighted by Crippen LogP contribution is -2.11. The van der Waals surface area contributed by atoms with Gasteiger partial charge < -0.3 is 14.7 Å². The topological polar surface area (TPSA) is 53.8 Å². The third-order valence-electron chi connectivity index (χ3n) is 4.33. The fourth-order valence-corrected chi connectivity index (χ4v) is 3.64. The molecule has 2 heterocycles. The van der Waals surface area contributed by atoms with Gasteiger partial charge in [-0.2, -0.15) is 0 Å². The number of phenols is 1. The molecule has 4 rings (SSSR count). The van der Waals surface area contributed by atoms with Crippen molar-refractivity contribution in [2.45, 2.75) is 6.04 Å². The molecule has 0 saturated carbocycles. The van der Waals surface area contributed by atoms with E-state index in [0.29, 0.717) is 10.0 Å². The third-order valence-corrected chi connectivity index (χ3v) is 4.89. The van der Waals surface area contributed by atoms with Gasteiger partial charge in [-0.25, -0.2) is 4.98 Å². The van der Waals surface area contributed by atoms with Crippen LogP contribution in [0.15, 0.2) is 73.6 Å². The van der Waals surface area contributed by atoms with Gasteiger partial charge in [0.2, 0.25) is 0 Å². The highest BCUT2D eigenvalue weighted by atomic mass is 35.5. The first-order chi connectivity index (χ1) is 12.6. The predicted octanol–water partition coefficient (Wildman–Crippen LogP) is 5.53. The summed E-state index contributed by atoms with van der Waals surface area (Å²) in [6.07, 6.45) is 9.31. The van der Waals surface area contributed by atoms with Crippen LogP contribution in [-0.4, -0.2) is 19.6 Å². The summed E-state index contributed by atoms with van der Waals surface area (Å²) in [4.78, 5) is 7.38. The van der Waals surface area contributed by atoms with Gasteiger partial charge in [0.05, 0.1) is 12.4 Å². The first-order valence-corrected chi connectivity index (χ1v) is 8.77. The Morgan fingerprint density at radius 2 is 1.81 bits per heavy atom. The number of hydrogen-bond acceptors (Lipinski definition) is 2. The summed E-state index contributed by atoms with van der Waals surface area (Å²) in [6, 6.07) is 12.5. The summed E-state index contributed by atoms with van der Waals surface area (Å²) in [6.45, 7) is 0. The Morgan fingerprint density at radius 3 is 2.50 bits per heavy atom. The minimum absolute atomic E-state index is 0.169. The number of hydrogen-bond donors (Lipinski definition) is 2. The maximum Gasteiger partial charge on any atom is 0.115 e. The van der Waals surface area contributed by atoms with Gasteiger partial charge in [-0.15, -0.1) is 0 Å². The van der Waals surface area contributed by atoms with Crippen LogP contribution in [0.5, 0.6) is 5.75 Å². The molecule has 1 atom stereocenters. The number of nitrogens with zero attached hydrogens (tertiary/aromatic N) is 2. The minimum Gasteiger partial charge on any atom is -0.508 e. The molecule has 0 spiro atoms. The Balaban J connectivity index is 1.89. The number of rotatable bonds is 4. The van der Waals surface area contributed by atoms with Gasteiger partial charge in [0.1, 0.15) is 5.75 Å². The highest BCUT2D eigenvalue weighted by Crippen LogP contribution is 2.38. The second kappa shape index (κ2) is 6.90. The molecule has 0 amide bonds. The highest BCUT2D eigenvalue weighted by molar-refractivity contribution is 6.35. The van der Waals surface area contributed by atoms with Crippen LogP contribution in [0.4, 0.5) is 0 Å². The quantitative estimate of drug-likeness (QED) is 0.486. The number of aromatic amines is 1. The summed E-state index contributed by atoms with van der Waals surface area (Å²) in [5.74, 6) is 0.234. The molecule has 0 aliphatic carbocycles. The number of nitrogens with one attached hydrogen (secondary N) is 1. The van der Waals surface area contributed by atoms with E-state index in [1.54, 1.807) is 30.7 Å². The van der Waals surface area contributed by atoms with Crippen molar-refractivity contribution in [3.05, 3.63) is 94.8 Å². The van der Waals surface area contributed by atoms with E-state index in [1.807, 2.05) is 47.4 Å². The van der Waals surface area contributed by atoms with Crippen LogP contribution < -0.4 is 0 Å². The van der Waals surface area contributed by atoms with E-state index in [9.17, 15) is 5.11 Å². The molecule has 0 saturated heterocycles. The number of phenolic OH excluding ortho intramolecular Hbond substituents is 1. The molecule has 2 N–H and O–H groups in total. The molecule has 130 valence electrons. The largest absolute Gasteiger partial charge is 0.508 e. The summed E-state index contributed by atoms with van der Waals surface area (Å²) in [5.41, 5.74) is 3.98. The van der Waals surface area contributed by atoms with Crippen molar-refractivity contribution < 1.29 is 5.11 Å². The zero-order chi connectivity index (χ0) is 18.1. The van der Waals surface area contributed by atoms with Crippen LogP contribution in [0.2, 0.25) is 10.0 Å². The Kier molecular flexibility index (Phi) is 4.45. The number of H-pyrrole nitrogens is 1. The van der Waals surface area contributed by atoms with Crippen LogP contribution in [0.1, 0.15) is 17.2 Å². The Bertz CT molecular complexity index is 1020. The normalized spacial score (nSPS) is 12.2. The van der Waals surface area contributed by atoms with E-state index in [0.717, 1.165) is 22.3 Å². The molecule has 0 bridgehead atoms. The maximum atomic E-state index is 9.57. The lowest BCUT2D eigenvalue weighted by atomic mass is 9.94. The smallest absolute Gasteiger partial charge is 0.115 e. The SMILES string of the molecule is Oc1ccc(-c2c[nH]cc2[C@@H](c2ccc(Cl)cc2Cl)n2ccnc2)cc1. The van der Waals surface area contributed by atoms with E-state index in [-0.39, 0.29) is 11.8 Å². The zero-order valence-corrected chi connectivity index (χ0v) is 15.1. The number of aromatic hydroxyl groups is 1. The van der Waals surface area contributed by atoms with Gasteiger partial charge >= 0.3 is 0 Å². The van der Waals surface area contributed by atoms with E-state index in [2.05, 4.69) is 9.97 Å². The molecule has 0 unspecified atom stereocenters. The number of imidazole rings is 1. The monoisotopic (exact) mass is 383 g/mol. The summed E-state index contributed by atoms with van der Waals surface area (Å²) < 4.78 is 2.00. The molecule has 26 heavy (non-hydrogen) atoms. The molecule has 6 heteroatoms. The maximum absolute atomic E-state index is 9.57. The first-order valence-electron chi connectivity index (χ1n) is 8.02. The first kappa shape index (κ1) is 16.8. The molecule has 2 aromatic carbocycles. The molecule has 0 radical (unpaired) electrons. The van der Waals surface area contributed by atoms with Crippen molar-refractivity contribution in [2.24, 2.45) is 0 Å². The second-order valence-corrected chi connectivity index (χ2v) is 6.79. The van der Waals surface area contributed by atoms with Crippen LogP contribution in [0, 0.1) is 0 Å². The molecular weight excluding hydrogens is 369 g/mol. The standard InChI is InChI=1S/C20H15Cl2N3O/c21-14-3-6-16(19(22)9-14)20(25-8-7-23-12-25)18-11-24-10-17(18)13-1-4-15(26)5-2-13/h1-12,20,24,26H/t20-/m1/s1. The Morgan fingerprint density at radius 1 is 1.00 bits per heavy atom. The average molecular weight is 384 g/mol. The van der Waals surface area contributed by atoms with Gasteiger partial charge in [0.25, 0.3) is 0 Å². The molecule has 0 aliphatic heterocycles. The lowest BCUT2D eigenvalue weighted by Gasteiger charge is -2.21. The summed E-state index contributed by atoms with van der Waals surface area (Å²) in [7, 11) is 0. The van der Waals surface area contributed by atoms with E-state index < -0.39 is 0 Å². The molecule has 4 aromatic rings. The Labute approximate surface area is 160 Å². The average Bonchev–Trinajstić information content (AvgIpc) is 3.30. The van der Waals surface area contributed by atoms with Crippen LogP contribution >= 0.6 is 23.2 Å². The summed E-state index contributed by atoms with van der Waals surface area (Å²) >= 11 is 12.6. The fraction of sp³-hybridized carbons (Fsp3) is 0.0500. The zero-order valence-electron chi connectivity index (χ0n) is 13.6. The van der Waals surface area contributed by atoms with Gasteiger partial charge in [-0.05, 0) is 35.4 Å². The molecule has 4 nitrogen and oxygen atoms in total. The van der Waals surface area contributed by atoms with E-state index in [4.69, 9.17) is 23.2 Å². The third kappa shape index (κ3) is 3.09. The van der Waals surface area contributed by atoms with Gasteiger partial charge in [-0.1, -0.05) is 41.4 Å². The van der Waals surface area contributed by atoms with Gasteiger partial charge in [0.15, 0.2) is 0 Å². The van der Waals surface area contributed by atoms with Crippen LogP contribution in [0.3, 0.4) is 0 Å². The molecule has 2 aromatic heterocycles. The minimum atomic E-state index is -0.169. The van der Waals surface area contributed by atoms with E-state index in [1.165, 1.54) is 0 Å². The molecule has 0 fully saturated rings. The predicted molar refractivity (Wildman–Crippen MR) is 104 cm³/mol. The number of benzene rings is 2.